The molecule has 0 aliphatic rings. The maximum absolute atomic E-state index is 3.16. The molecule has 54 valence electrons. The van der Waals surface area contributed by atoms with Crippen LogP contribution in [0.1, 0.15) is 33.1 Å². The molecule has 0 aromatic carbocycles. The molecule has 1 N–H and O–H groups in total. The highest BCUT2D eigenvalue weighted by Gasteiger charge is 1.87. The molecule has 0 bridgehead atoms. The molecule has 1 heteroatoms. The molecule has 0 saturated carbocycles. The van der Waals surface area contributed by atoms with Crippen LogP contribution in [0.5, 0.6) is 0 Å². The van der Waals surface area contributed by atoms with Gasteiger partial charge in [-0.3, -0.25) is 0 Å². The van der Waals surface area contributed by atoms with E-state index in [1.54, 1.807) is 0 Å². The van der Waals surface area contributed by atoms with E-state index in [1.807, 2.05) is 7.05 Å². The number of nitrogens with one attached hydrogen (secondary N) is 1. The van der Waals surface area contributed by atoms with E-state index in [1.165, 1.54) is 18.5 Å². The average Bonchev–Trinajstić information content (AvgIpc) is 1.88. The summed E-state index contributed by atoms with van der Waals surface area (Å²) < 4.78 is 0. The van der Waals surface area contributed by atoms with E-state index < -0.39 is 0 Å². The Bertz CT molecular complexity index is 84.6. The van der Waals surface area contributed by atoms with E-state index in [4.69, 9.17) is 0 Å². The zero-order valence-corrected chi connectivity index (χ0v) is 6.70. The molecule has 0 amide bonds. The maximum atomic E-state index is 3.16. The Kier molecular flexibility index (Phi) is 5.38. The Hall–Kier alpha value is -0.460. The Morgan fingerprint density at radius 2 is 2.11 bits per heavy atom. The first kappa shape index (κ1) is 8.54. The van der Waals surface area contributed by atoms with Crippen molar-refractivity contribution < 1.29 is 0 Å². The lowest BCUT2D eigenvalue weighted by Gasteiger charge is -2.02. The van der Waals surface area contributed by atoms with Crippen molar-refractivity contribution in [3.05, 3.63) is 11.8 Å². The van der Waals surface area contributed by atoms with Gasteiger partial charge in [-0.1, -0.05) is 26.3 Å². The summed E-state index contributed by atoms with van der Waals surface area (Å²) >= 11 is 0. The molecule has 0 aliphatic carbocycles. The van der Waals surface area contributed by atoms with Crippen LogP contribution in [-0.2, 0) is 0 Å². The van der Waals surface area contributed by atoms with Gasteiger partial charge in [0, 0.05) is 12.7 Å². The normalized spacial score (nSPS) is 11.7. The molecule has 0 saturated heterocycles. The summed E-state index contributed by atoms with van der Waals surface area (Å²) in [6, 6.07) is 0. The van der Waals surface area contributed by atoms with Gasteiger partial charge in [-0.05, 0) is 12.8 Å². The Labute approximate surface area is 58.2 Å². The minimum Gasteiger partial charge on any atom is -0.392 e. The van der Waals surface area contributed by atoms with Gasteiger partial charge in [0.2, 0.25) is 0 Å². The van der Waals surface area contributed by atoms with Gasteiger partial charge < -0.3 is 5.32 Å². The van der Waals surface area contributed by atoms with Crippen LogP contribution in [0.4, 0.5) is 0 Å². The summed E-state index contributed by atoms with van der Waals surface area (Å²) in [4.78, 5) is 0. The zero-order chi connectivity index (χ0) is 7.11. The predicted octanol–water partition coefficient (Wildman–Crippen LogP) is 2.30. The Morgan fingerprint density at radius 3 is 2.44 bits per heavy atom. The van der Waals surface area contributed by atoms with E-state index in [-0.39, 0.29) is 0 Å². The van der Waals surface area contributed by atoms with Crippen LogP contribution in [0, 0.1) is 0 Å². The molecule has 0 aromatic heterocycles. The molecular weight excluding hydrogens is 110 g/mol. The highest BCUT2D eigenvalue weighted by atomic mass is 14.8. The molecule has 0 rings (SSSR count). The molecule has 0 fully saturated rings. The summed E-state index contributed by atoms with van der Waals surface area (Å²) in [5.74, 6) is 0. The topological polar surface area (TPSA) is 12.0 Å². The molecule has 9 heavy (non-hydrogen) atoms. The Balaban J connectivity index is 3.53. The molecule has 0 aliphatic heterocycles. The lowest BCUT2D eigenvalue weighted by molar-refractivity contribution is 0.807. The third-order valence-electron chi connectivity index (χ3n) is 1.29. The number of allylic oxidation sites excluding steroid dienone is 2. The lowest BCUT2D eigenvalue weighted by Crippen LogP contribution is -2.04. The van der Waals surface area contributed by atoms with E-state index in [9.17, 15) is 0 Å². The maximum Gasteiger partial charge on any atom is 0.00633 e. The van der Waals surface area contributed by atoms with Crippen LogP contribution in [0.25, 0.3) is 0 Å². The van der Waals surface area contributed by atoms with Crippen LogP contribution >= 0.6 is 0 Å². The van der Waals surface area contributed by atoms with Gasteiger partial charge in [0.1, 0.15) is 0 Å². The summed E-state index contributed by atoms with van der Waals surface area (Å²) in [6.07, 6.45) is 5.79. The van der Waals surface area contributed by atoms with Gasteiger partial charge in [0.15, 0.2) is 0 Å². The van der Waals surface area contributed by atoms with E-state index in [0.29, 0.717) is 0 Å². The molecule has 0 unspecified atom stereocenters. The number of hydrogen-bond acceptors (Lipinski definition) is 1. The molecule has 1 nitrogen and oxygen atoms in total. The van der Waals surface area contributed by atoms with Crippen LogP contribution in [-0.4, -0.2) is 7.05 Å². The second-order valence-electron chi connectivity index (χ2n) is 2.14. The van der Waals surface area contributed by atoms with Crippen LogP contribution in [0.2, 0.25) is 0 Å². The second kappa shape index (κ2) is 5.67. The number of hydrogen-bond donors (Lipinski definition) is 1. The van der Waals surface area contributed by atoms with E-state index >= 15 is 0 Å². The fraction of sp³-hybridized carbons (Fsp3) is 0.750. The van der Waals surface area contributed by atoms with E-state index in [2.05, 4.69) is 25.2 Å². The molecule has 0 radical (unpaired) electrons. The smallest absolute Gasteiger partial charge is 0.00633 e. The minimum absolute atomic E-state index is 1.14. The van der Waals surface area contributed by atoms with Crippen molar-refractivity contribution in [2.24, 2.45) is 0 Å². The fourth-order valence-corrected chi connectivity index (χ4v) is 0.845. The standard InChI is InChI=1S/C8H17N/c1-4-6-8(9-3)7-5-2/h6,9H,4-5,7H2,1-3H3/b8-6+. The van der Waals surface area contributed by atoms with Gasteiger partial charge in [-0.15, -0.1) is 0 Å². The van der Waals surface area contributed by atoms with Gasteiger partial charge in [-0.25, -0.2) is 0 Å². The van der Waals surface area contributed by atoms with Gasteiger partial charge in [0.25, 0.3) is 0 Å². The molecule has 0 heterocycles. The fourth-order valence-electron chi connectivity index (χ4n) is 0.845. The monoisotopic (exact) mass is 127 g/mol. The minimum atomic E-state index is 1.14. The van der Waals surface area contributed by atoms with Crippen LogP contribution < -0.4 is 5.32 Å². The first-order valence-corrected chi connectivity index (χ1v) is 3.71. The van der Waals surface area contributed by atoms with Gasteiger partial charge in [-0.2, -0.15) is 0 Å². The van der Waals surface area contributed by atoms with Crippen molar-refractivity contribution in [3.63, 3.8) is 0 Å². The van der Waals surface area contributed by atoms with Gasteiger partial charge >= 0.3 is 0 Å². The van der Waals surface area contributed by atoms with E-state index in [0.717, 1.165) is 6.42 Å². The summed E-state index contributed by atoms with van der Waals surface area (Å²) in [5, 5.41) is 3.16. The molecule has 0 aromatic rings. The third kappa shape index (κ3) is 4.07. The largest absolute Gasteiger partial charge is 0.392 e. The van der Waals surface area contributed by atoms with Crippen molar-refractivity contribution in [1.82, 2.24) is 5.32 Å². The molecule has 0 spiro atoms. The summed E-state index contributed by atoms with van der Waals surface area (Å²) in [5.41, 5.74) is 1.38. The zero-order valence-electron chi connectivity index (χ0n) is 6.70. The predicted molar refractivity (Wildman–Crippen MR) is 42.3 cm³/mol. The van der Waals surface area contributed by atoms with Gasteiger partial charge in [0.05, 0.1) is 0 Å². The van der Waals surface area contributed by atoms with Crippen molar-refractivity contribution in [2.45, 2.75) is 33.1 Å². The lowest BCUT2D eigenvalue weighted by atomic mass is 10.2. The van der Waals surface area contributed by atoms with Crippen molar-refractivity contribution in [3.8, 4) is 0 Å². The summed E-state index contributed by atoms with van der Waals surface area (Å²) in [6.45, 7) is 4.36. The average molecular weight is 127 g/mol. The SMILES string of the molecule is CC/C=C(\CCC)NC. The highest BCUT2D eigenvalue weighted by Crippen LogP contribution is 2.00. The molecular formula is C8H17N. The van der Waals surface area contributed by atoms with Crippen molar-refractivity contribution >= 4 is 0 Å². The van der Waals surface area contributed by atoms with Crippen LogP contribution in [0.3, 0.4) is 0 Å². The third-order valence-corrected chi connectivity index (χ3v) is 1.29. The first-order chi connectivity index (χ1) is 4.35. The molecule has 0 atom stereocenters. The Morgan fingerprint density at radius 1 is 1.44 bits per heavy atom. The van der Waals surface area contributed by atoms with Crippen molar-refractivity contribution in [2.75, 3.05) is 7.05 Å². The quantitative estimate of drug-likeness (QED) is 0.611. The second-order valence-corrected chi connectivity index (χ2v) is 2.14. The van der Waals surface area contributed by atoms with Crippen molar-refractivity contribution in [1.29, 1.82) is 0 Å². The number of rotatable bonds is 4. The van der Waals surface area contributed by atoms with Crippen LogP contribution in [0.15, 0.2) is 11.8 Å². The summed E-state index contributed by atoms with van der Waals surface area (Å²) in [7, 11) is 1.98. The first-order valence-electron chi connectivity index (χ1n) is 3.71. The highest BCUT2D eigenvalue weighted by molar-refractivity contribution is 4.97.